The van der Waals surface area contributed by atoms with Crippen LogP contribution in [0.4, 0.5) is 4.39 Å². The minimum Gasteiger partial charge on any atom is -0.466 e. The van der Waals surface area contributed by atoms with E-state index >= 15 is 0 Å². The molecule has 0 spiro atoms. The van der Waals surface area contributed by atoms with Gasteiger partial charge in [0.15, 0.2) is 4.77 Å². The molecule has 2 atom stereocenters. The van der Waals surface area contributed by atoms with Crippen LogP contribution in [0.5, 0.6) is 0 Å². The molecule has 0 N–H and O–H groups in total. The molecular weight excluding hydrogens is 439 g/mol. The van der Waals surface area contributed by atoms with Crippen LogP contribution in [0.3, 0.4) is 0 Å². The lowest BCUT2D eigenvalue weighted by atomic mass is 9.84. The van der Waals surface area contributed by atoms with Gasteiger partial charge in [0.25, 0.3) is 0 Å². The highest BCUT2D eigenvalue weighted by Gasteiger charge is 2.50. The van der Waals surface area contributed by atoms with E-state index in [0.717, 1.165) is 15.2 Å². The third-order valence-corrected chi connectivity index (χ3v) is 6.10. The van der Waals surface area contributed by atoms with E-state index in [1.54, 1.807) is 6.92 Å². The smallest absolute Gasteiger partial charge is 0.353 e. The first kappa shape index (κ1) is 21.9. The van der Waals surface area contributed by atoms with Crippen molar-refractivity contribution in [1.29, 1.82) is 0 Å². The molecule has 9 nitrogen and oxygen atoms in total. The molecule has 0 saturated heterocycles. The quantitative estimate of drug-likeness (QED) is 0.515. The number of ether oxygens (including phenoxy) is 1. The summed E-state index contributed by atoms with van der Waals surface area (Å²) in [5, 5.41) is 3.91. The van der Waals surface area contributed by atoms with Gasteiger partial charge in [-0.25, -0.2) is 23.3 Å². The molecule has 3 rings (SSSR count). The topological polar surface area (TPSA) is 96.8 Å². The molecule has 12 heteroatoms. The maximum absolute atomic E-state index is 14.8. The lowest BCUT2D eigenvalue weighted by molar-refractivity contribution is -0.167. The molecule has 2 aromatic rings. The Morgan fingerprint density at radius 1 is 1.30 bits per heavy atom. The molecule has 0 fully saturated rings. The van der Waals surface area contributed by atoms with Gasteiger partial charge in [0.2, 0.25) is 5.60 Å². The second-order valence-electron chi connectivity index (χ2n) is 6.97. The lowest BCUT2D eigenvalue weighted by Gasteiger charge is -2.23. The average molecular weight is 457 g/mol. The van der Waals surface area contributed by atoms with Gasteiger partial charge < -0.3 is 9.57 Å². The van der Waals surface area contributed by atoms with Crippen LogP contribution < -0.4 is 11.4 Å². The summed E-state index contributed by atoms with van der Waals surface area (Å²) in [6.45, 7) is 3.17. The Balaban J connectivity index is 2.25. The zero-order valence-corrected chi connectivity index (χ0v) is 18.3. The van der Waals surface area contributed by atoms with E-state index in [2.05, 4.69) is 5.16 Å². The van der Waals surface area contributed by atoms with Crippen molar-refractivity contribution in [2.24, 2.45) is 25.2 Å². The van der Waals surface area contributed by atoms with Gasteiger partial charge in [-0.1, -0.05) is 23.7 Å². The van der Waals surface area contributed by atoms with E-state index in [-0.39, 0.29) is 26.8 Å². The highest BCUT2D eigenvalue weighted by molar-refractivity contribution is 7.71. The largest absolute Gasteiger partial charge is 0.466 e. The number of carbonyl (C=O) groups excluding carboxylic acids is 1. The summed E-state index contributed by atoms with van der Waals surface area (Å²) in [5.41, 5.74) is -2.96. The number of carbonyl (C=O) groups is 1. The van der Waals surface area contributed by atoms with Gasteiger partial charge >= 0.3 is 17.3 Å². The lowest BCUT2D eigenvalue weighted by Crippen LogP contribution is -2.44. The fourth-order valence-corrected chi connectivity index (χ4v) is 3.55. The molecule has 2 heterocycles. The second-order valence-corrected chi connectivity index (χ2v) is 7.75. The van der Waals surface area contributed by atoms with Gasteiger partial charge in [0.05, 0.1) is 29.4 Å². The predicted molar refractivity (Wildman–Crippen MR) is 109 cm³/mol. The monoisotopic (exact) mass is 456 g/mol. The molecular formula is C18H18ClFN4O5S. The summed E-state index contributed by atoms with van der Waals surface area (Å²) < 4.78 is 22.3. The third kappa shape index (κ3) is 3.08. The van der Waals surface area contributed by atoms with Crippen molar-refractivity contribution in [3.8, 4) is 5.69 Å². The first-order chi connectivity index (χ1) is 14.0. The number of halogens is 2. The molecule has 1 aliphatic heterocycles. The van der Waals surface area contributed by atoms with Crippen LogP contribution in [-0.4, -0.2) is 38.1 Å². The molecule has 1 aliphatic rings. The molecule has 1 aromatic heterocycles. The Hall–Kier alpha value is -2.79. The van der Waals surface area contributed by atoms with Gasteiger partial charge in [-0.2, -0.15) is 0 Å². The average Bonchev–Trinajstić information content (AvgIpc) is 3.01. The van der Waals surface area contributed by atoms with Crippen LogP contribution in [0, 0.1) is 16.5 Å². The van der Waals surface area contributed by atoms with Crippen LogP contribution >= 0.6 is 23.8 Å². The number of rotatable bonds is 3. The highest BCUT2D eigenvalue weighted by Crippen LogP contribution is 2.36. The van der Waals surface area contributed by atoms with Crippen LogP contribution in [0.15, 0.2) is 26.9 Å². The summed E-state index contributed by atoms with van der Waals surface area (Å²) >= 11 is 11.3. The molecule has 0 aliphatic carbocycles. The number of aromatic nitrogens is 3. The Bertz CT molecular complexity index is 1240. The SMILES string of the molecule is COC(=O)C1(C)ON=C(c2cc(-n3c(=O)n(C)c(=S)n(C)c3=O)c(F)cc2Cl)C1C. The van der Waals surface area contributed by atoms with Gasteiger partial charge in [-0.05, 0) is 31.3 Å². The van der Waals surface area contributed by atoms with Crippen LogP contribution in [0.1, 0.15) is 19.4 Å². The van der Waals surface area contributed by atoms with E-state index in [0.29, 0.717) is 4.57 Å². The second kappa shape index (κ2) is 7.47. The van der Waals surface area contributed by atoms with E-state index in [1.165, 1.54) is 34.2 Å². The van der Waals surface area contributed by atoms with Crippen molar-refractivity contribution in [3.05, 3.63) is 54.3 Å². The zero-order chi connectivity index (χ0) is 22.5. The van der Waals surface area contributed by atoms with E-state index in [4.69, 9.17) is 33.4 Å². The minimum absolute atomic E-state index is 0.0214. The first-order valence-electron chi connectivity index (χ1n) is 8.69. The zero-order valence-electron chi connectivity index (χ0n) is 16.7. The Morgan fingerprint density at radius 3 is 2.40 bits per heavy atom. The van der Waals surface area contributed by atoms with Crippen molar-refractivity contribution < 1.29 is 18.8 Å². The molecule has 0 radical (unpaired) electrons. The Morgan fingerprint density at radius 2 is 1.87 bits per heavy atom. The van der Waals surface area contributed by atoms with E-state index in [9.17, 15) is 18.8 Å². The summed E-state index contributed by atoms with van der Waals surface area (Å²) in [6.07, 6.45) is 0. The van der Waals surface area contributed by atoms with Crippen molar-refractivity contribution in [1.82, 2.24) is 13.7 Å². The Kier molecular flexibility index (Phi) is 5.46. The molecule has 30 heavy (non-hydrogen) atoms. The van der Waals surface area contributed by atoms with Crippen LogP contribution in [0.25, 0.3) is 5.69 Å². The number of esters is 1. The van der Waals surface area contributed by atoms with Gasteiger partial charge in [0.1, 0.15) is 5.82 Å². The summed E-state index contributed by atoms with van der Waals surface area (Å²) in [4.78, 5) is 42.8. The third-order valence-electron chi connectivity index (χ3n) is 5.24. The van der Waals surface area contributed by atoms with Crippen molar-refractivity contribution >= 4 is 35.5 Å². The van der Waals surface area contributed by atoms with Gasteiger partial charge in [-0.3, -0.25) is 9.13 Å². The predicted octanol–water partition coefficient (Wildman–Crippen LogP) is 1.70. The Labute approximate surface area is 179 Å². The number of hydrogen-bond acceptors (Lipinski definition) is 7. The number of benzene rings is 1. The maximum atomic E-state index is 14.8. The molecule has 0 amide bonds. The van der Waals surface area contributed by atoms with Crippen molar-refractivity contribution in [3.63, 3.8) is 0 Å². The number of hydrogen-bond donors (Lipinski definition) is 0. The fraction of sp³-hybridized carbons (Fsp3) is 0.389. The molecule has 0 saturated carbocycles. The van der Waals surface area contributed by atoms with Crippen molar-refractivity contribution in [2.45, 2.75) is 19.4 Å². The summed E-state index contributed by atoms with van der Waals surface area (Å²) in [7, 11) is 3.96. The standard InChI is InChI=1S/C18H18ClFN4O5S/c1-8-13(21-29-18(8,2)14(25)28-5)9-6-12(11(20)7-10(9)19)24-15(26)22(3)17(30)23(4)16(24)27/h6-8H,1-5H3. The molecule has 160 valence electrons. The number of nitrogens with zero attached hydrogens (tertiary/aromatic N) is 4. The number of oxime groups is 1. The first-order valence-corrected chi connectivity index (χ1v) is 9.47. The maximum Gasteiger partial charge on any atom is 0.353 e. The van der Waals surface area contributed by atoms with Crippen molar-refractivity contribution in [2.75, 3.05) is 7.11 Å². The normalized spacial score (nSPS) is 20.6. The summed E-state index contributed by atoms with van der Waals surface area (Å²) in [6, 6.07) is 2.17. The van der Waals surface area contributed by atoms with Gasteiger partial charge in [-0.15, -0.1) is 0 Å². The van der Waals surface area contributed by atoms with E-state index < -0.39 is 34.7 Å². The molecule has 2 unspecified atom stereocenters. The van der Waals surface area contributed by atoms with Crippen LogP contribution in [-0.2, 0) is 28.5 Å². The van der Waals surface area contributed by atoms with E-state index in [1.807, 2.05) is 0 Å². The molecule has 0 bridgehead atoms. The molecule has 1 aromatic carbocycles. The van der Waals surface area contributed by atoms with Crippen LogP contribution in [0.2, 0.25) is 5.02 Å². The number of methoxy groups -OCH3 is 1. The fourth-order valence-electron chi connectivity index (χ4n) is 3.14. The highest BCUT2D eigenvalue weighted by atomic mass is 35.5. The minimum atomic E-state index is -1.41. The van der Waals surface area contributed by atoms with Gasteiger partial charge in [0, 0.05) is 19.7 Å². The summed E-state index contributed by atoms with van der Waals surface area (Å²) in [5.74, 6) is -2.17.